The van der Waals surface area contributed by atoms with Crippen LogP contribution in [-0.4, -0.2) is 41.5 Å². The first kappa shape index (κ1) is 19.4. The molecule has 0 aliphatic carbocycles. The van der Waals surface area contributed by atoms with E-state index in [2.05, 4.69) is 11.6 Å². The van der Waals surface area contributed by atoms with E-state index in [4.69, 9.17) is 0 Å². The van der Waals surface area contributed by atoms with E-state index in [1.54, 1.807) is 34.9 Å². The number of hydrogen-bond donors (Lipinski definition) is 1. The van der Waals surface area contributed by atoms with Crippen molar-refractivity contribution in [1.29, 1.82) is 0 Å². The fourth-order valence-corrected chi connectivity index (χ4v) is 3.93. The second kappa shape index (κ2) is 9.01. The second-order valence-corrected chi connectivity index (χ2v) is 7.56. The highest BCUT2D eigenvalue weighted by Gasteiger charge is 2.35. The predicted octanol–water partition coefficient (Wildman–Crippen LogP) is 3.26. The maximum absolute atomic E-state index is 13.1. The highest BCUT2D eigenvalue weighted by molar-refractivity contribution is 7.98. The molecule has 2 unspecified atom stereocenters. The monoisotopic (exact) mass is 385 g/mol. The lowest BCUT2D eigenvalue weighted by Crippen LogP contribution is -2.61. The molecule has 1 N–H and O–H groups in total. The van der Waals surface area contributed by atoms with Crippen LogP contribution in [0.15, 0.2) is 54.6 Å². The van der Waals surface area contributed by atoms with E-state index in [0.29, 0.717) is 18.5 Å². The van der Waals surface area contributed by atoms with Crippen LogP contribution in [0.4, 0.5) is 11.4 Å². The van der Waals surface area contributed by atoms with E-state index in [0.717, 1.165) is 17.9 Å². The van der Waals surface area contributed by atoms with Crippen molar-refractivity contribution in [2.24, 2.45) is 0 Å². The fourth-order valence-electron chi connectivity index (χ4n) is 3.41. The zero-order chi connectivity index (χ0) is 19.2. The van der Waals surface area contributed by atoms with Crippen LogP contribution in [0.2, 0.25) is 0 Å². The molecule has 0 bridgehead atoms. The number of rotatable bonds is 7. The molecule has 7 heteroatoms. The van der Waals surface area contributed by atoms with Gasteiger partial charge in [0.1, 0.15) is 0 Å². The Labute approximate surface area is 163 Å². The third-order valence-electron chi connectivity index (χ3n) is 4.75. The molecule has 0 aromatic heterocycles. The zero-order valence-corrected chi connectivity index (χ0v) is 16.0. The largest absolute Gasteiger partial charge is 0.310 e. The van der Waals surface area contributed by atoms with Crippen LogP contribution in [0.25, 0.3) is 0 Å². The number of hydrogen-bond acceptors (Lipinski definition) is 5. The Morgan fingerprint density at radius 2 is 1.89 bits per heavy atom. The van der Waals surface area contributed by atoms with Crippen molar-refractivity contribution in [2.45, 2.75) is 24.9 Å². The average molecular weight is 385 g/mol. The van der Waals surface area contributed by atoms with Crippen molar-refractivity contribution in [2.75, 3.05) is 23.5 Å². The Balaban J connectivity index is 1.86. The molecular formula is C20H23N3O3S. The summed E-state index contributed by atoms with van der Waals surface area (Å²) < 4.78 is 0. The molecule has 1 aliphatic rings. The van der Waals surface area contributed by atoms with Gasteiger partial charge in [-0.3, -0.25) is 14.9 Å². The van der Waals surface area contributed by atoms with E-state index < -0.39 is 6.04 Å². The van der Waals surface area contributed by atoms with Gasteiger partial charge in [-0.05, 0) is 30.6 Å². The molecule has 0 saturated carbocycles. The summed E-state index contributed by atoms with van der Waals surface area (Å²) in [7, 11) is 0. The first-order chi connectivity index (χ1) is 13.1. The Kier molecular flexibility index (Phi) is 6.47. The molecule has 142 valence electrons. The lowest BCUT2D eigenvalue weighted by atomic mass is 9.98. The summed E-state index contributed by atoms with van der Waals surface area (Å²) in [5.41, 5.74) is 1.50. The van der Waals surface area contributed by atoms with Crippen LogP contribution in [-0.2, 0) is 11.2 Å². The molecular weight excluding hydrogens is 362 g/mol. The minimum atomic E-state index is -0.480. The Hall–Kier alpha value is -2.38. The highest BCUT2D eigenvalue weighted by atomic mass is 32.2. The summed E-state index contributed by atoms with van der Waals surface area (Å²) in [5, 5.41) is 14.7. The molecule has 1 aliphatic heterocycles. The van der Waals surface area contributed by atoms with Gasteiger partial charge in [-0.1, -0.05) is 36.4 Å². The number of nitrogens with one attached hydrogen (secondary N) is 1. The number of carbonyl (C=O) groups is 1. The van der Waals surface area contributed by atoms with Gasteiger partial charge < -0.3 is 10.2 Å². The Morgan fingerprint density at radius 3 is 2.59 bits per heavy atom. The Bertz CT molecular complexity index is 800. The minimum absolute atomic E-state index is 0.0419. The van der Waals surface area contributed by atoms with Crippen molar-refractivity contribution in [3.8, 4) is 0 Å². The van der Waals surface area contributed by atoms with Gasteiger partial charge in [-0.15, -0.1) is 0 Å². The maximum atomic E-state index is 13.1. The van der Waals surface area contributed by atoms with Gasteiger partial charge in [0, 0.05) is 36.3 Å². The number of piperazine rings is 1. The van der Waals surface area contributed by atoms with Gasteiger partial charge >= 0.3 is 0 Å². The summed E-state index contributed by atoms with van der Waals surface area (Å²) in [6.07, 6.45) is 3.30. The smallest absolute Gasteiger partial charge is 0.272 e. The number of para-hydroxylation sites is 2. The molecule has 3 rings (SSSR count). The molecule has 1 amide bonds. The van der Waals surface area contributed by atoms with E-state index in [9.17, 15) is 14.9 Å². The van der Waals surface area contributed by atoms with Gasteiger partial charge in [0.15, 0.2) is 0 Å². The van der Waals surface area contributed by atoms with Gasteiger partial charge in [-0.2, -0.15) is 11.8 Å². The van der Waals surface area contributed by atoms with Crippen molar-refractivity contribution in [1.82, 2.24) is 5.32 Å². The number of nitro benzene ring substituents is 1. The standard InChI is InChI=1S/C20H23N3O3S/c1-27-12-11-16-14-22(17-8-3-2-4-9-17)20(24)18(21-16)13-15-7-5-6-10-19(15)23(25)26/h2-10,16,18,21H,11-14H2,1H3. The average Bonchev–Trinajstić information content (AvgIpc) is 2.69. The van der Waals surface area contributed by atoms with Crippen molar-refractivity contribution >= 4 is 29.0 Å². The number of amides is 1. The van der Waals surface area contributed by atoms with E-state index in [1.807, 2.05) is 30.3 Å². The maximum Gasteiger partial charge on any atom is 0.272 e. The molecule has 27 heavy (non-hydrogen) atoms. The third kappa shape index (κ3) is 4.67. The summed E-state index contributed by atoms with van der Waals surface area (Å²) in [4.78, 5) is 25.9. The zero-order valence-electron chi connectivity index (χ0n) is 15.2. The van der Waals surface area contributed by atoms with Crippen LogP contribution >= 0.6 is 11.8 Å². The number of thioether (sulfide) groups is 1. The second-order valence-electron chi connectivity index (χ2n) is 6.57. The number of anilines is 1. The van der Waals surface area contributed by atoms with Crippen LogP contribution in [0.5, 0.6) is 0 Å². The summed E-state index contributed by atoms with van der Waals surface area (Å²) in [6.45, 7) is 0.608. The van der Waals surface area contributed by atoms with Crippen LogP contribution in [0.3, 0.4) is 0 Å². The number of nitro groups is 1. The topological polar surface area (TPSA) is 75.5 Å². The highest BCUT2D eigenvalue weighted by Crippen LogP contribution is 2.24. The Morgan fingerprint density at radius 1 is 1.19 bits per heavy atom. The van der Waals surface area contributed by atoms with Crippen molar-refractivity contribution in [3.63, 3.8) is 0 Å². The molecule has 1 heterocycles. The molecule has 1 saturated heterocycles. The molecule has 2 aromatic carbocycles. The van der Waals surface area contributed by atoms with Gasteiger partial charge in [0.2, 0.25) is 5.91 Å². The van der Waals surface area contributed by atoms with Crippen LogP contribution in [0.1, 0.15) is 12.0 Å². The van der Waals surface area contributed by atoms with Crippen molar-refractivity contribution < 1.29 is 9.72 Å². The van der Waals surface area contributed by atoms with Gasteiger partial charge in [-0.25, -0.2) is 0 Å². The summed E-state index contributed by atoms with van der Waals surface area (Å²) in [5.74, 6) is 0.951. The van der Waals surface area contributed by atoms with E-state index >= 15 is 0 Å². The summed E-state index contributed by atoms with van der Waals surface area (Å²) >= 11 is 1.77. The van der Waals surface area contributed by atoms with Crippen LogP contribution in [0, 0.1) is 10.1 Å². The quantitative estimate of drug-likeness (QED) is 0.585. The van der Waals surface area contributed by atoms with Gasteiger partial charge in [0.05, 0.1) is 11.0 Å². The number of benzene rings is 2. The SMILES string of the molecule is CSCCC1CN(c2ccccc2)C(=O)C(Cc2ccccc2[N+](=O)[O-])N1. The molecule has 2 aromatic rings. The minimum Gasteiger partial charge on any atom is -0.310 e. The third-order valence-corrected chi connectivity index (χ3v) is 5.40. The summed E-state index contributed by atoms with van der Waals surface area (Å²) in [6, 6.07) is 15.9. The molecule has 0 radical (unpaired) electrons. The van der Waals surface area contributed by atoms with Crippen LogP contribution < -0.4 is 10.2 Å². The number of carbonyl (C=O) groups excluding carboxylic acids is 1. The first-order valence-electron chi connectivity index (χ1n) is 8.94. The van der Waals surface area contributed by atoms with Gasteiger partial charge in [0.25, 0.3) is 5.69 Å². The molecule has 1 fully saturated rings. The molecule has 0 spiro atoms. The van der Waals surface area contributed by atoms with E-state index in [-0.39, 0.29) is 22.6 Å². The molecule has 2 atom stereocenters. The first-order valence-corrected chi connectivity index (χ1v) is 10.3. The van der Waals surface area contributed by atoms with Crippen molar-refractivity contribution in [3.05, 3.63) is 70.3 Å². The normalized spacial score (nSPS) is 19.9. The van der Waals surface area contributed by atoms with E-state index in [1.165, 1.54) is 6.07 Å². The predicted molar refractivity (Wildman–Crippen MR) is 109 cm³/mol. The lowest BCUT2D eigenvalue weighted by Gasteiger charge is -2.38. The fraction of sp³-hybridized carbons (Fsp3) is 0.350. The lowest BCUT2D eigenvalue weighted by molar-refractivity contribution is -0.385. The molecule has 6 nitrogen and oxygen atoms in total. The number of nitrogens with zero attached hydrogens (tertiary/aromatic N) is 2.